The molecule has 1 aliphatic rings. The molecule has 0 spiro atoms. The predicted octanol–water partition coefficient (Wildman–Crippen LogP) is 13.2. The second-order valence-corrected chi connectivity index (χ2v) is 15.9. The first-order chi connectivity index (χ1) is 30.2. The van der Waals surface area contributed by atoms with Gasteiger partial charge in [0.05, 0.1) is 5.69 Å². The number of fused-ring (bicyclic) bond motifs is 3. The summed E-state index contributed by atoms with van der Waals surface area (Å²) in [6, 6.07) is 55.9. The summed E-state index contributed by atoms with van der Waals surface area (Å²) in [6.45, 7) is 0. The van der Waals surface area contributed by atoms with Crippen molar-refractivity contribution in [2.24, 2.45) is 0 Å². The molecule has 7 nitrogen and oxygen atoms in total. The van der Waals surface area contributed by atoms with Gasteiger partial charge in [0.1, 0.15) is 0 Å². The van der Waals surface area contributed by atoms with Gasteiger partial charge in [0.25, 0.3) is 0 Å². The molecule has 0 unspecified atom stereocenters. The molecule has 288 valence electrons. The van der Waals surface area contributed by atoms with E-state index < -0.39 is 0 Å². The van der Waals surface area contributed by atoms with E-state index in [0.717, 1.165) is 79.4 Å². The van der Waals surface area contributed by atoms with Crippen LogP contribution in [0.15, 0.2) is 188 Å². The second kappa shape index (κ2) is 15.7. The quantitative estimate of drug-likeness (QED) is 0.151. The molecule has 0 saturated heterocycles. The molecule has 0 bridgehead atoms. The van der Waals surface area contributed by atoms with E-state index in [9.17, 15) is 0 Å². The fraction of sp³-hybridized carbons (Fsp3) is 0.0377. The van der Waals surface area contributed by atoms with Crippen molar-refractivity contribution in [1.29, 1.82) is 0 Å². The van der Waals surface area contributed by atoms with Crippen LogP contribution in [0.3, 0.4) is 0 Å². The molecule has 0 N–H and O–H groups in total. The molecule has 61 heavy (non-hydrogen) atoms. The third-order valence-electron chi connectivity index (χ3n) is 10.9. The summed E-state index contributed by atoms with van der Waals surface area (Å²) in [5.41, 5.74) is 9.76. The van der Waals surface area contributed by atoms with Gasteiger partial charge < -0.3 is 0 Å². The van der Waals surface area contributed by atoms with Crippen LogP contribution in [0.25, 0.3) is 105 Å². The van der Waals surface area contributed by atoms with Crippen LogP contribution in [0.5, 0.6) is 0 Å². The second-order valence-electron chi connectivity index (χ2n) is 14.9. The fourth-order valence-electron chi connectivity index (χ4n) is 7.85. The Hall–Kier alpha value is -7.81. The van der Waals surface area contributed by atoms with Gasteiger partial charge in [-0.15, -0.1) is 11.3 Å². The zero-order chi connectivity index (χ0) is 40.5. The highest BCUT2D eigenvalue weighted by Crippen LogP contribution is 2.41. The maximum absolute atomic E-state index is 5.11. The van der Waals surface area contributed by atoms with Crippen molar-refractivity contribution in [3.05, 3.63) is 194 Å². The molecule has 0 amide bonds. The van der Waals surface area contributed by atoms with E-state index in [1.54, 1.807) is 11.3 Å². The first-order valence-corrected chi connectivity index (χ1v) is 21.1. The standard InChI is InChI=1S/C53H35N7S/c1-4-15-34(16-5-1)48-56-51(58-52(57-48)41-24-13-22-39(32-41)44-26-10-11-30-54-44)40-23-12-21-37(31-40)38-28-29-42-46(33-38)61-45-27-14-25-43(47(42)45)53-59-49(35-17-6-2-7-18-35)55-50(60-53)36-19-8-3-9-20-36/h1-2,4-8,10-33H,3,9H2. The maximum atomic E-state index is 5.11. The van der Waals surface area contributed by atoms with Crippen LogP contribution in [0.1, 0.15) is 18.7 Å². The summed E-state index contributed by atoms with van der Waals surface area (Å²) in [5.74, 6) is 3.84. The zero-order valence-corrected chi connectivity index (χ0v) is 33.7. The summed E-state index contributed by atoms with van der Waals surface area (Å²) in [5, 5.41) is 2.31. The molecule has 0 saturated carbocycles. The van der Waals surface area contributed by atoms with Gasteiger partial charge in [-0.05, 0) is 60.4 Å². The first kappa shape index (κ1) is 36.3. The molecule has 0 aliphatic heterocycles. The number of pyridine rings is 1. The molecule has 4 aromatic heterocycles. The normalized spacial score (nSPS) is 12.5. The van der Waals surface area contributed by atoms with Crippen LogP contribution in [-0.2, 0) is 0 Å². The van der Waals surface area contributed by atoms with Crippen molar-refractivity contribution in [2.75, 3.05) is 0 Å². The highest BCUT2D eigenvalue weighted by atomic mass is 32.1. The Morgan fingerprint density at radius 1 is 0.393 bits per heavy atom. The number of hydrogen-bond donors (Lipinski definition) is 0. The van der Waals surface area contributed by atoms with Crippen molar-refractivity contribution in [1.82, 2.24) is 34.9 Å². The lowest BCUT2D eigenvalue weighted by Gasteiger charge is -2.11. The van der Waals surface area contributed by atoms with Gasteiger partial charge in [-0.25, -0.2) is 29.9 Å². The van der Waals surface area contributed by atoms with Crippen molar-refractivity contribution < 1.29 is 0 Å². The monoisotopic (exact) mass is 801 g/mol. The van der Waals surface area contributed by atoms with Gasteiger partial charge in [0, 0.05) is 65.3 Å². The molecule has 0 fully saturated rings. The van der Waals surface area contributed by atoms with E-state index in [0.29, 0.717) is 34.9 Å². The number of hydrogen-bond acceptors (Lipinski definition) is 8. The summed E-state index contributed by atoms with van der Waals surface area (Å²) >= 11 is 1.78. The van der Waals surface area contributed by atoms with E-state index in [1.165, 1.54) is 9.40 Å². The lowest BCUT2D eigenvalue weighted by Crippen LogP contribution is -2.03. The Balaban J connectivity index is 0.992. The Morgan fingerprint density at radius 2 is 0.967 bits per heavy atom. The molecular weight excluding hydrogens is 767 g/mol. The summed E-state index contributed by atoms with van der Waals surface area (Å²) in [7, 11) is 0. The van der Waals surface area contributed by atoms with Gasteiger partial charge in [-0.2, -0.15) is 0 Å². The van der Waals surface area contributed by atoms with Crippen LogP contribution >= 0.6 is 11.3 Å². The van der Waals surface area contributed by atoms with E-state index >= 15 is 0 Å². The third kappa shape index (κ3) is 7.19. The number of aromatic nitrogens is 7. The van der Waals surface area contributed by atoms with E-state index in [2.05, 4.69) is 108 Å². The number of nitrogens with zero attached hydrogens (tertiary/aromatic N) is 7. The van der Waals surface area contributed by atoms with Crippen molar-refractivity contribution >= 4 is 37.1 Å². The highest BCUT2D eigenvalue weighted by Gasteiger charge is 2.19. The molecule has 8 heteroatoms. The largest absolute Gasteiger partial charge is 0.256 e. The van der Waals surface area contributed by atoms with Gasteiger partial charge in [-0.1, -0.05) is 146 Å². The van der Waals surface area contributed by atoms with Gasteiger partial charge in [0.15, 0.2) is 34.9 Å². The molecule has 0 atom stereocenters. The third-order valence-corrected chi connectivity index (χ3v) is 12.0. The van der Waals surface area contributed by atoms with Crippen LogP contribution < -0.4 is 0 Å². The molecular formula is C53H35N7S. The SMILES string of the molecule is C1=CC(c2nc(-c3ccccc3)nc(-c3cccc4sc5cc(-c6cccc(-c7nc(-c8ccccc8)nc(-c8cccc(-c9ccccn9)c8)n7)c6)ccc5c34)n2)=CCC1. The Labute approximate surface area is 356 Å². The zero-order valence-electron chi connectivity index (χ0n) is 32.9. The first-order valence-electron chi connectivity index (χ1n) is 20.3. The van der Waals surface area contributed by atoms with Crippen LogP contribution in [0, 0.1) is 0 Å². The topological polar surface area (TPSA) is 90.2 Å². The Kier molecular flexibility index (Phi) is 9.37. The lowest BCUT2D eigenvalue weighted by molar-refractivity contribution is 1.01. The lowest BCUT2D eigenvalue weighted by atomic mass is 10.00. The number of allylic oxidation sites excluding steroid dienone is 4. The number of rotatable bonds is 8. The van der Waals surface area contributed by atoms with Crippen LogP contribution in [0.4, 0.5) is 0 Å². The van der Waals surface area contributed by atoms with Gasteiger partial charge >= 0.3 is 0 Å². The van der Waals surface area contributed by atoms with Crippen molar-refractivity contribution in [3.63, 3.8) is 0 Å². The van der Waals surface area contributed by atoms with Crippen LogP contribution in [0.2, 0.25) is 0 Å². The minimum absolute atomic E-state index is 0.600. The maximum Gasteiger partial charge on any atom is 0.164 e. The molecule has 11 rings (SSSR count). The summed E-state index contributed by atoms with van der Waals surface area (Å²) in [4.78, 5) is 34.8. The van der Waals surface area contributed by atoms with Gasteiger partial charge in [-0.3, -0.25) is 4.98 Å². The van der Waals surface area contributed by atoms with Gasteiger partial charge in [0.2, 0.25) is 0 Å². The van der Waals surface area contributed by atoms with E-state index in [4.69, 9.17) is 29.9 Å². The van der Waals surface area contributed by atoms with Crippen LogP contribution in [-0.4, -0.2) is 34.9 Å². The average molecular weight is 802 g/mol. The molecule has 6 aromatic carbocycles. The molecule has 1 aliphatic carbocycles. The Morgan fingerprint density at radius 3 is 1.66 bits per heavy atom. The van der Waals surface area contributed by atoms with Crippen molar-refractivity contribution in [3.8, 4) is 79.3 Å². The number of thiophene rings is 1. The van der Waals surface area contributed by atoms with E-state index in [-0.39, 0.29) is 0 Å². The number of benzene rings is 6. The molecule has 4 heterocycles. The molecule has 10 aromatic rings. The summed E-state index contributed by atoms with van der Waals surface area (Å²) in [6.07, 6.45) is 10.3. The summed E-state index contributed by atoms with van der Waals surface area (Å²) < 4.78 is 2.36. The predicted molar refractivity (Wildman–Crippen MR) is 248 cm³/mol. The molecule has 0 radical (unpaired) electrons. The Bertz CT molecular complexity index is 3310. The minimum Gasteiger partial charge on any atom is -0.256 e. The van der Waals surface area contributed by atoms with Crippen molar-refractivity contribution in [2.45, 2.75) is 12.8 Å². The minimum atomic E-state index is 0.600. The highest BCUT2D eigenvalue weighted by molar-refractivity contribution is 7.26. The fourth-order valence-corrected chi connectivity index (χ4v) is 9.02. The van der Waals surface area contributed by atoms with E-state index in [1.807, 2.05) is 85.1 Å². The smallest absolute Gasteiger partial charge is 0.164 e. The average Bonchev–Trinajstić information content (AvgIpc) is 3.73.